The van der Waals surface area contributed by atoms with E-state index < -0.39 is 0 Å². The smallest absolute Gasteiger partial charge is 0.163 e. The summed E-state index contributed by atoms with van der Waals surface area (Å²) >= 11 is 0. The Bertz CT molecular complexity index is 706. The summed E-state index contributed by atoms with van der Waals surface area (Å²) < 4.78 is 0. The van der Waals surface area contributed by atoms with E-state index in [9.17, 15) is 9.59 Å². The van der Waals surface area contributed by atoms with Gasteiger partial charge in [-0.25, -0.2) is 0 Å². The van der Waals surface area contributed by atoms with Crippen LogP contribution in [0.2, 0.25) is 0 Å². The van der Waals surface area contributed by atoms with Crippen LogP contribution in [0.25, 0.3) is 0 Å². The van der Waals surface area contributed by atoms with E-state index in [1.807, 2.05) is 30.3 Å². The summed E-state index contributed by atoms with van der Waals surface area (Å²) in [4.78, 5) is 25.2. The molecule has 3 heteroatoms. The molecule has 0 heterocycles. The summed E-state index contributed by atoms with van der Waals surface area (Å²) in [6.07, 6.45) is 3.93. The van der Waals surface area contributed by atoms with Gasteiger partial charge in [-0.2, -0.15) is 0 Å². The van der Waals surface area contributed by atoms with Crippen LogP contribution in [0.1, 0.15) is 53.9 Å². The fourth-order valence-electron chi connectivity index (χ4n) is 3.61. The summed E-state index contributed by atoms with van der Waals surface area (Å²) in [5.74, 6) is 0.297. The standard InChI is InChI=1S/C21H23NO2/c22-17-12-10-16(11-13-17)21(24)14-19(15-6-2-1-3-7-15)18-8-4-5-9-20(18)23/h1-3,6-7,10-13,18-19H,4-5,8-9,14,22H2/t18-,19-/m1/s1. The van der Waals surface area contributed by atoms with Crippen LogP contribution in [0.4, 0.5) is 5.69 Å². The fraction of sp³-hybridized carbons (Fsp3) is 0.333. The van der Waals surface area contributed by atoms with E-state index in [1.54, 1.807) is 24.3 Å². The Morgan fingerprint density at radius 1 is 1.04 bits per heavy atom. The molecule has 3 rings (SSSR count). The number of nitrogens with two attached hydrogens (primary N) is 1. The van der Waals surface area contributed by atoms with E-state index in [2.05, 4.69) is 0 Å². The molecule has 1 aliphatic carbocycles. The molecule has 0 spiro atoms. The number of benzene rings is 2. The van der Waals surface area contributed by atoms with E-state index in [0.29, 0.717) is 29.9 Å². The molecule has 0 radical (unpaired) electrons. The van der Waals surface area contributed by atoms with Gasteiger partial charge in [-0.15, -0.1) is 0 Å². The molecule has 2 aromatic rings. The van der Waals surface area contributed by atoms with Crippen LogP contribution in [0, 0.1) is 5.92 Å². The van der Waals surface area contributed by atoms with Gasteiger partial charge in [0.1, 0.15) is 5.78 Å². The Hall–Kier alpha value is -2.42. The first kappa shape index (κ1) is 16.4. The second-order valence-corrected chi connectivity index (χ2v) is 6.59. The Morgan fingerprint density at radius 2 is 1.75 bits per heavy atom. The van der Waals surface area contributed by atoms with Crippen molar-refractivity contribution in [3.8, 4) is 0 Å². The van der Waals surface area contributed by atoms with Gasteiger partial charge < -0.3 is 5.73 Å². The minimum atomic E-state index is -0.0427. The molecule has 1 fully saturated rings. The summed E-state index contributed by atoms with van der Waals surface area (Å²) in [5.41, 5.74) is 8.09. The van der Waals surface area contributed by atoms with Gasteiger partial charge in [-0.05, 0) is 42.7 Å². The van der Waals surface area contributed by atoms with Crippen LogP contribution >= 0.6 is 0 Å². The molecule has 3 nitrogen and oxygen atoms in total. The molecule has 1 saturated carbocycles. The van der Waals surface area contributed by atoms with Crippen LogP contribution in [-0.2, 0) is 4.79 Å². The van der Waals surface area contributed by atoms with Crippen LogP contribution < -0.4 is 5.73 Å². The van der Waals surface area contributed by atoms with Crippen molar-refractivity contribution >= 4 is 17.3 Å². The number of ketones is 2. The lowest BCUT2D eigenvalue weighted by Crippen LogP contribution is -2.27. The van der Waals surface area contributed by atoms with Gasteiger partial charge in [0.05, 0.1) is 0 Å². The number of rotatable bonds is 5. The first-order valence-electron chi connectivity index (χ1n) is 8.61. The maximum atomic E-state index is 12.7. The van der Waals surface area contributed by atoms with Crippen LogP contribution in [0.3, 0.4) is 0 Å². The maximum absolute atomic E-state index is 12.7. The van der Waals surface area contributed by atoms with Crippen LogP contribution in [0.5, 0.6) is 0 Å². The van der Waals surface area contributed by atoms with Gasteiger partial charge in [0.25, 0.3) is 0 Å². The SMILES string of the molecule is Nc1ccc(C(=O)C[C@H](c2ccccc2)[C@H]2CCCCC2=O)cc1. The average Bonchev–Trinajstić information content (AvgIpc) is 2.61. The van der Waals surface area contributed by atoms with Crippen molar-refractivity contribution < 1.29 is 9.59 Å². The monoisotopic (exact) mass is 321 g/mol. The summed E-state index contributed by atoms with van der Waals surface area (Å²) in [7, 11) is 0. The van der Waals surface area contributed by atoms with Crippen LogP contribution in [-0.4, -0.2) is 11.6 Å². The molecule has 2 atom stereocenters. The molecule has 124 valence electrons. The Morgan fingerprint density at radius 3 is 2.42 bits per heavy atom. The number of carbonyl (C=O) groups is 2. The lowest BCUT2D eigenvalue weighted by Gasteiger charge is -2.29. The van der Waals surface area contributed by atoms with Gasteiger partial charge in [0.2, 0.25) is 0 Å². The van der Waals surface area contributed by atoms with E-state index >= 15 is 0 Å². The summed E-state index contributed by atoms with van der Waals surface area (Å²) in [6, 6.07) is 17.0. The van der Waals surface area contributed by atoms with Crippen molar-refractivity contribution in [2.24, 2.45) is 5.92 Å². The minimum Gasteiger partial charge on any atom is -0.399 e. The number of carbonyl (C=O) groups excluding carboxylic acids is 2. The Kier molecular flexibility index (Phi) is 5.09. The highest BCUT2D eigenvalue weighted by molar-refractivity contribution is 5.97. The van der Waals surface area contributed by atoms with E-state index in [0.717, 1.165) is 24.8 Å². The molecule has 0 aromatic heterocycles. The predicted molar refractivity (Wildman–Crippen MR) is 95.9 cm³/mol. The minimum absolute atomic E-state index is 0.0379. The third kappa shape index (κ3) is 3.73. The maximum Gasteiger partial charge on any atom is 0.163 e. The molecule has 0 amide bonds. The van der Waals surface area contributed by atoms with Gasteiger partial charge in [-0.1, -0.05) is 36.8 Å². The zero-order valence-corrected chi connectivity index (χ0v) is 13.8. The molecule has 2 N–H and O–H groups in total. The third-order valence-corrected chi connectivity index (χ3v) is 4.95. The largest absolute Gasteiger partial charge is 0.399 e. The third-order valence-electron chi connectivity index (χ3n) is 4.95. The highest BCUT2D eigenvalue weighted by atomic mass is 16.1. The van der Waals surface area contributed by atoms with Gasteiger partial charge in [0, 0.05) is 35.9 Å². The normalized spacial score (nSPS) is 19.0. The zero-order valence-electron chi connectivity index (χ0n) is 13.8. The number of Topliss-reactive ketones (excluding diaryl/α,β-unsaturated/α-hetero) is 2. The quantitative estimate of drug-likeness (QED) is 0.656. The van der Waals surface area contributed by atoms with E-state index in [4.69, 9.17) is 5.73 Å². The molecule has 1 aliphatic rings. The number of nitrogen functional groups attached to an aromatic ring is 1. The lowest BCUT2D eigenvalue weighted by atomic mass is 9.73. The number of hydrogen-bond donors (Lipinski definition) is 1. The highest BCUT2D eigenvalue weighted by Crippen LogP contribution is 2.37. The fourth-order valence-corrected chi connectivity index (χ4v) is 3.61. The van der Waals surface area contributed by atoms with E-state index in [1.165, 1.54) is 0 Å². The molecule has 2 aromatic carbocycles. The number of hydrogen-bond acceptors (Lipinski definition) is 3. The second-order valence-electron chi connectivity index (χ2n) is 6.59. The molecule has 0 aliphatic heterocycles. The van der Waals surface area contributed by atoms with Crippen molar-refractivity contribution in [3.05, 3.63) is 65.7 Å². The number of anilines is 1. The summed E-state index contributed by atoms with van der Waals surface area (Å²) in [6.45, 7) is 0. The molecular weight excluding hydrogens is 298 g/mol. The van der Waals surface area contributed by atoms with E-state index in [-0.39, 0.29) is 17.6 Å². The first-order valence-corrected chi connectivity index (χ1v) is 8.61. The van der Waals surface area contributed by atoms with Crippen molar-refractivity contribution in [1.29, 1.82) is 0 Å². The lowest BCUT2D eigenvalue weighted by molar-refractivity contribution is -0.125. The first-order chi connectivity index (χ1) is 11.6. The highest BCUT2D eigenvalue weighted by Gasteiger charge is 2.32. The zero-order chi connectivity index (χ0) is 16.9. The van der Waals surface area contributed by atoms with Gasteiger partial charge in [-0.3, -0.25) is 9.59 Å². The Balaban J connectivity index is 1.85. The Labute approximate surface area is 142 Å². The molecule has 0 saturated heterocycles. The molecule has 0 unspecified atom stereocenters. The molecule has 0 bridgehead atoms. The molecule has 24 heavy (non-hydrogen) atoms. The van der Waals surface area contributed by atoms with Gasteiger partial charge >= 0.3 is 0 Å². The van der Waals surface area contributed by atoms with Crippen molar-refractivity contribution in [2.45, 2.75) is 38.0 Å². The van der Waals surface area contributed by atoms with Crippen LogP contribution in [0.15, 0.2) is 54.6 Å². The van der Waals surface area contributed by atoms with Crippen molar-refractivity contribution in [2.75, 3.05) is 5.73 Å². The van der Waals surface area contributed by atoms with Crippen molar-refractivity contribution in [1.82, 2.24) is 0 Å². The topological polar surface area (TPSA) is 60.2 Å². The molecular formula is C21H23NO2. The summed E-state index contributed by atoms with van der Waals surface area (Å²) in [5, 5.41) is 0. The second kappa shape index (κ2) is 7.43. The average molecular weight is 321 g/mol. The predicted octanol–water partition coefficient (Wildman–Crippen LogP) is 4.38. The van der Waals surface area contributed by atoms with Crippen molar-refractivity contribution in [3.63, 3.8) is 0 Å². The van der Waals surface area contributed by atoms with Gasteiger partial charge in [0.15, 0.2) is 5.78 Å².